The highest BCUT2D eigenvalue weighted by molar-refractivity contribution is 6.03. The van der Waals surface area contributed by atoms with E-state index in [1.807, 2.05) is 0 Å². The van der Waals surface area contributed by atoms with E-state index in [-0.39, 0.29) is 41.5 Å². The van der Waals surface area contributed by atoms with Gasteiger partial charge in [0.15, 0.2) is 5.78 Å². The molecule has 0 spiro atoms. The lowest BCUT2D eigenvalue weighted by atomic mass is 9.37. The van der Waals surface area contributed by atoms with Gasteiger partial charge in [-0.05, 0) is 117 Å². The minimum Gasteiger partial charge on any atom is -0.351 e. The summed E-state index contributed by atoms with van der Waals surface area (Å²) in [7, 11) is 0. The van der Waals surface area contributed by atoms with Gasteiger partial charge in [-0.1, -0.05) is 73.4 Å². The Bertz CT molecular complexity index is 1050. The number of Topliss-reactive ketones (excluding diaryl/α,β-unsaturated/α-hetero) is 1. The molecule has 0 aromatic rings. The third kappa shape index (κ3) is 6.01. The normalized spacial score (nSPS) is 33.6. The van der Waals surface area contributed by atoms with Gasteiger partial charge in [0.2, 0.25) is 0 Å². The van der Waals surface area contributed by atoms with Crippen LogP contribution in [0.1, 0.15) is 115 Å². The highest BCUT2D eigenvalue weighted by Crippen LogP contribution is 2.71. The fraction of sp³-hybridized carbons (Fsp3) is 0.694. The summed E-state index contributed by atoms with van der Waals surface area (Å²) in [5.74, 6) is 0.823. The zero-order valence-corrected chi connectivity index (χ0v) is 26.9. The number of carbonyl (C=O) groups is 1. The fourth-order valence-corrected chi connectivity index (χ4v) is 7.91. The first kappa shape index (κ1) is 31.8. The molecule has 3 heteroatoms. The highest BCUT2D eigenvalue weighted by Gasteiger charge is 2.75. The molecule has 6 atom stereocenters. The number of rotatable bonds is 10. The first-order valence-electron chi connectivity index (χ1n) is 15.2. The zero-order chi connectivity index (χ0) is 29.2. The van der Waals surface area contributed by atoms with Crippen molar-refractivity contribution in [3.63, 3.8) is 0 Å². The van der Waals surface area contributed by atoms with Crippen LogP contribution < -0.4 is 0 Å². The molecule has 2 aliphatic carbocycles. The molecule has 2 bridgehead atoms. The van der Waals surface area contributed by atoms with Crippen LogP contribution in [0.5, 0.6) is 0 Å². The van der Waals surface area contributed by atoms with Gasteiger partial charge in [-0.15, -0.1) is 0 Å². The van der Waals surface area contributed by atoms with Gasteiger partial charge in [0.25, 0.3) is 0 Å². The predicted molar refractivity (Wildman–Crippen MR) is 164 cm³/mol. The van der Waals surface area contributed by atoms with Crippen LogP contribution in [0, 0.1) is 28.1 Å². The monoisotopic (exact) mass is 536 g/mol. The number of ketones is 1. The Morgan fingerprint density at radius 3 is 2.10 bits per heavy atom. The van der Waals surface area contributed by atoms with Crippen molar-refractivity contribution in [3.8, 4) is 0 Å². The van der Waals surface area contributed by atoms with Crippen LogP contribution in [0.2, 0.25) is 0 Å². The first-order valence-corrected chi connectivity index (χ1v) is 15.2. The largest absolute Gasteiger partial charge is 0.351 e. The smallest absolute Gasteiger partial charge is 0.170 e. The molecular weight excluding hydrogens is 480 g/mol. The van der Waals surface area contributed by atoms with Gasteiger partial charge >= 0.3 is 0 Å². The van der Waals surface area contributed by atoms with Crippen LogP contribution in [0.25, 0.3) is 0 Å². The number of hydrogen-bond donors (Lipinski definition) is 0. The molecule has 0 N–H and O–H groups in total. The molecule has 0 unspecified atom stereocenters. The van der Waals surface area contributed by atoms with Crippen molar-refractivity contribution in [1.29, 1.82) is 0 Å². The summed E-state index contributed by atoms with van der Waals surface area (Å²) in [6.07, 6.45) is 16.8. The third-order valence-electron chi connectivity index (χ3n) is 9.72. The lowest BCUT2D eigenvalue weighted by molar-refractivity contribution is -0.327. The molecule has 1 saturated carbocycles. The Morgan fingerprint density at radius 2 is 1.54 bits per heavy atom. The lowest BCUT2D eigenvalue weighted by Crippen LogP contribution is -2.75. The van der Waals surface area contributed by atoms with E-state index in [0.29, 0.717) is 12.3 Å². The Hall–Kier alpha value is -1.71. The Morgan fingerprint density at radius 1 is 0.923 bits per heavy atom. The summed E-state index contributed by atoms with van der Waals surface area (Å²) in [6.45, 7) is 24.5. The van der Waals surface area contributed by atoms with E-state index < -0.39 is 5.41 Å². The lowest BCUT2D eigenvalue weighted by Gasteiger charge is -2.70. The topological polar surface area (TPSA) is 35.5 Å². The molecular formula is C36H56O3. The van der Waals surface area contributed by atoms with Gasteiger partial charge in [-0.25, -0.2) is 0 Å². The van der Waals surface area contributed by atoms with Crippen LogP contribution in [0.4, 0.5) is 0 Å². The molecule has 1 aliphatic heterocycles. The average molecular weight is 537 g/mol. The van der Waals surface area contributed by atoms with Gasteiger partial charge < -0.3 is 9.47 Å². The van der Waals surface area contributed by atoms with Crippen LogP contribution in [0.3, 0.4) is 0 Å². The van der Waals surface area contributed by atoms with Gasteiger partial charge in [0, 0.05) is 5.41 Å². The number of allylic oxidation sites excluding steroid dienone is 9. The fourth-order valence-electron chi connectivity index (χ4n) is 7.91. The van der Waals surface area contributed by atoms with Gasteiger partial charge in [0.1, 0.15) is 6.79 Å². The number of hydrogen-bond acceptors (Lipinski definition) is 3. The maximum atomic E-state index is 15.2. The molecule has 0 aromatic heterocycles. The number of ether oxygens (including phenoxy) is 2. The minimum absolute atomic E-state index is 0.184. The molecule has 0 aromatic carbocycles. The highest BCUT2D eigenvalue weighted by atomic mass is 16.7. The first-order chi connectivity index (χ1) is 18.2. The van der Waals surface area contributed by atoms with E-state index in [2.05, 4.69) is 107 Å². The Balaban J connectivity index is 2.40. The summed E-state index contributed by atoms with van der Waals surface area (Å²) in [6, 6.07) is 0. The molecule has 2 fully saturated rings. The summed E-state index contributed by atoms with van der Waals surface area (Å²) in [5, 5.41) is 0. The molecule has 3 nitrogen and oxygen atoms in total. The Labute approximate surface area is 239 Å². The van der Waals surface area contributed by atoms with Crippen molar-refractivity contribution >= 4 is 5.78 Å². The third-order valence-corrected chi connectivity index (χ3v) is 9.72. The second kappa shape index (κ2) is 12.4. The Kier molecular flexibility index (Phi) is 10.1. The summed E-state index contributed by atoms with van der Waals surface area (Å²) < 4.78 is 13.3. The van der Waals surface area contributed by atoms with Gasteiger partial charge in [0.05, 0.1) is 17.6 Å². The predicted octanol–water partition coefficient (Wildman–Crippen LogP) is 9.71. The van der Waals surface area contributed by atoms with Crippen molar-refractivity contribution in [3.05, 3.63) is 58.2 Å². The van der Waals surface area contributed by atoms with E-state index in [9.17, 15) is 0 Å². The van der Waals surface area contributed by atoms with Crippen molar-refractivity contribution in [2.75, 3.05) is 6.79 Å². The van der Waals surface area contributed by atoms with Crippen molar-refractivity contribution in [2.45, 2.75) is 127 Å². The van der Waals surface area contributed by atoms with E-state index >= 15 is 4.79 Å². The molecule has 0 radical (unpaired) electrons. The second-order valence-corrected chi connectivity index (χ2v) is 14.2. The van der Waals surface area contributed by atoms with Crippen LogP contribution in [0.15, 0.2) is 58.2 Å². The van der Waals surface area contributed by atoms with E-state index in [0.717, 1.165) is 37.7 Å². The quantitative estimate of drug-likeness (QED) is 0.261. The van der Waals surface area contributed by atoms with Crippen LogP contribution >= 0.6 is 0 Å². The molecule has 39 heavy (non-hydrogen) atoms. The van der Waals surface area contributed by atoms with Crippen molar-refractivity contribution in [2.24, 2.45) is 28.1 Å². The number of carbonyl (C=O) groups excluding carboxylic acids is 1. The van der Waals surface area contributed by atoms with E-state index in [1.165, 1.54) is 22.3 Å². The van der Waals surface area contributed by atoms with Gasteiger partial charge in [-0.2, -0.15) is 0 Å². The zero-order valence-electron chi connectivity index (χ0n) is 26.9. The van der Waals surface area contributed by atoms with Gasteiger partial charge in [-0.3, -0.25) is 4.79 Å². The van der Waals surface area contributed by atoms with Crippen molar-refractivity contribution in [1.82, 2.24) is 0 Å². The molecule has 218 valence electrons. The van der Waals surface area contributed by atoms with Crippen LogP contribution in [-0.2, 0) is 14.3 Å². The molecule has 0 amide bonds. The molecule has 1 heterocycles. The van der Waals surface area contributed by atoms with E-state index in [4.69, 9.17) is 9.47 Å². The van der Waals surface area contributed by atoms with Crippen molar-refractivity contribution < 1.29 is 14.3 Å². The summed E-state index contributed by atoms with van der Waals surface area (Å²) in [5.41, 5.74) is 4.95. The maximum Gasteiger partial charge on any atom is 0.170 e. The van der Waals surface area contributed by atoms with E-state index in [1.54, 1.807) is 0 Å². The summed E-state index contributed by atoms with van der Waals surface area (Å²) in [4.78, 5) is 15.2. The van der Waals surface area contributed by atoms with Crippen LogP contribution in [-0.4, -0.2) is 24.8 Å². The summed E-state index contributed by atoms with van der Waals surface area (Å²) >= 11 is 0. The molecule has 3 rings (SSSR count). The average Bonchev–Trinajstić information content (AvgIpc) is 2.84. The maximum absolute atomic E-state index is 15.2. The standard InChI is InChI=1S/C36H56O3/c1-24(2)13-12-19-34(11)30(17-15-26(5)6)22-35(20-18-27(7)8)21-29(16-14-25(3)4)31(37)36(34)32(28(9)10)38-23-39-33(35)36/h13-15,18,21,28,30,32-33H,12,16-17,19-20,22-23H2,1-11H3/t30-,32+,33-,34+,35-,36+/m0/s1. The minimum atomic E-state index is -0.734. The molecule has 3 aliphatic rings. The second-order valence-electron chi connectivity index (χ2n) is 14.2. The molecule has 1 saturated heterocycles. The SMILES string of the molecule is CC(C)=CCC[C@]1(C)[C@@H](CC=C(C)C)C[C@]2(CC=C(C)C)C=C(CC=C(C)C)C(=O)[C@]13[C@@H](C(C)C)OCO[C@@H]23.